The number of anilines is 1. The number of rotatable bonds is 5. The molecule has 0 spiro atoms. The number of esters is 1. The van der Waals surface area contributed by atoms with Crippen molar-refractivity contribution in [3.8, 4) is 0 Å². The van der Waals surface area contributed by atoms with Crippen LogP contribution in [-0.2, 0) is 11.2 Å². The predicted molar refractivity (Wildman–Crippen MR) is 101 cm³/mol. The third-order valence-electron chi connectivity index (χ3n) is 4.04. The molecule has 4 nitrogen and oxygen atoms in total. The van der Waals surface area contributed by atoms with Gasteiger partial charge in [-0.2, -0.15) is 0 Å². The van der Waals surface area contributed by atoms with Crippen LogP contribution in [0.3, 0.4) is 0 Å². The Morgan fingerprint density at radius 1 is 0.885 bits per heavy atom. The molecule has 1 N–H and O–H groups in total. The highest BCUT2D eigenvalue weighted by atomic mass is 16.5. The minimum Gasteiger partial charge on any atom is -0.465 e. The van der Waals surface area contributed by atoms with Gasteiger partial charge in [0.05, 0.1) is 12.7 Å². The fraction of sp³-hybridized carbons (Fsp3) is 0.0909. The van der Waals surface area contributed by atoms with Crippen LogP contribution >= 0.6 is 0 Å². The first-order valence-electron chi connectivity index (χ1n) is 8.29. The lowest BCUT2D eigenvalue weighted by Gasteiger charge is -2.11. The Kier molecular flexibility index (Phi) is 5.44. The third kappa shape index (κ3) is 4.16. The molecule has 0 radical (unpaired) electrons. The number of amides is 1. The SMILES string of the molecule is COC(=O)c1cccc(NC(=O)c2ccccc2Cc2ccccc2)c1. The number of carbonyl (C=O) groups excluding carboxylic acids is 2. The van der Waals surface area contributed by atoms with Crippen molar-refractivity contribution in [2.24, 2.45) is 0 Å². The van der Waals surface area contributed by atoms with Crippen LogP contribution in [0.25, 0.3) is 0 Å². The topological polar surface area (TPSA) is 55.4 Å². The Hall–Kier alpha value is -3.40. The third-order valence-corrected chi connectivity index (χ3v) is 4.04. The highest BCUT2D eigenvalue weighted by Crippen LogP contribution is 2.18. The van der Waals surface area contributed by atoms with Crippen molar-refractivity contribution in [3.63, 3.8) is 0 Å². The van der Waals surface area contributed by atoms with Gasteiger partial charge in [-0.15, -0.1) is 0 Å². The van der Waals surface area contributed by atoms with Crippen LogP contribution in [0.2, 0.25) is 0 Å². The van der Waals surface area contributed by atoms with E-state index in [0.717, 1.165) is 11.1 Å². The fourth-order valence-corrected chi connectivity index (χ4v) is 2.75. The summed E-state index contributed by atoms with van der Waals surface area (Å²) in [5.74, 6) is -0.649. The van der Waals surface area contributed by atoms with Gasteiger partial charge in [-0.1, -0.05) is 54.6 Å². The largest absolute Gasteiger partial charge is 0.465 e. The highest BCUT2D eigenvalue weighted by Gasteiger charge is 2.13. The first kappa shape index (κ1) is 17.4. The Labute approximate surface area is 152 Å². The van der Waals surface area contributed by atoms with E-state index in [9.17, 15) is 9.59 Å². The molecule has 3 aromatic rings. The van der Waals surface area contributed by atoms with Crippen LogP contribution in [0.4, 0.5) is 5.69 Å². The number of hydrogen-bond donors (Lipinski definition) is 1. The second kappa shape index (κ2) is 8.12. The van der Waals surface area contributed by atoms with Gasteiger partial charge in [-0.3, -0.25) is 4.79 Å². The summed E-state index contributed by atoms with van der Waals surface area (Å²) in [6, 6.07) is 24.2. The highest BCUT2D eigenvalue weighted by molar-refractivity contribution is 6.05. The van der Waals surface area contributed by atoms with Crippen LogP contribution in [-0.4, -0.2) is 19.0 Å². The van der Waals surface area contributed by atoms with Crippen LogP contribution in [0.1, 0.15) is 31.8 Å². The maximum atomic E-state index is 12.7. The van der Waals surface area contributed by atoms with Gasteiger partial charge in [0.1, 0.15) is 0 Å². The molecule has 0 aliphatic carbocycles. The summed E-state index contributed by atoms with van der Waals surface area (Å²) >= 11 is 0. The summed E-state index contributed by atoms with van der Waals surface area (Å²) in [6.07, 6.45) is 0.673. The molecule has 4 heteroatoms. The Balaban J connectivity index is 1.81. The Morgan fingerprint density at radius 2 is 1.62 bits per heavy atom. The minimum absolute atomic E-state index is 0.210. The number of methoxy groups -OCH3 is 1. The summed E-state index contributed by atoms with van der Waals surface area (Å²) in [5, 5.41) is 2.86. The zero-order valence-electron chi connectivity index (χ0n) is 14.4. The number of carbonyl (C=O) groups is 2. The molecule has 0 unspecified atom stereocenters. The number of benzene rings is 3. The maximum Gasteiger partial charge on any atom is 0.337 e. The lowest BCUT2D eigenvalue weighted by Crippen LogP contribution is -2.15. The normalized spacial score (nSPS) is 10.2. The molecule has 0 aromatic heterocycles. The summed E-state index contributed by atoms with van der Waals surface area (Å²) in [7, 11) is 1.33. The van der Waals surface area contributed by atoms with Crippen molar-refractivity contribution < 1.29 is 14.3 Å². The molecular weight excluding hydrogens is 326 g/mol. The molecule has 0 fully saturated rings. The van der Waals surface area contributed by atoms with E-state index in [4.69, 9.17) is 4.74 Å². The zero-order chi connectivity index (χ0) is 18.4. The molecule has 26 heavy (non-hydrogen) atoms. The first-order chi connectivity index (χ1) is 12.7. The molecule has 0 heterocycles. The van der Waals surface area contributed by atoms with E-state index in [1.54, 1.807) is 30.3 Å². The predicted octanol–water partition coefficient (Wildman–Crippen LogP) is 4.32. The van der Waals surface area contributed by atoms with Gasteiger partial charge in [-0.25, -0.2) is 4.79 Å². The fourth-order valence-electron chi connectivity index (χ4n) is 2.75. The summed E-state index contributed by atoms with van der Waals surface area (Å²) in [6.45, 7) is 0. The van der Waals surface area contributed by atoms with E-state index in [1.807, 2.05) is 48.5 Å². The standard InChI is InChI=1S/C22H19NO3/c1-26-22(25)18-11-7-12-19(15-18)23-21(24)20-13-6-5-10-17(20)14-16-8-3-2-4-9-16/h2-13,15H,14H2,1H3,(H,23,24). The lowest BCUT2D eigenvalue weighted by molar-refractivity contribution is 0.0600. The monoisotopic (exact) mass is 345 g/mol. The van der Waals surface area contributed by atoms with Crippen molar-refractivity contribution in [2.75, 3.05) is 12.4 Å². The van der Waals surface area contributed by atoms with Crippen molar-refractivity contribution in [2.45, 2.75) is 6.42 Å². The Morgan fingerprint density at radius 3 is 2.38 bits per heavy atom. The molecule has 3 rings (SSSR count). The van der Waals surface area contributed by atoms with Gasteiger partial charge in [0.2, 0.25) is 0 Å². The van der Waals surface area contributed by atoms with E-state index in [2.05, 4.69) is 5.32 Å². The van der Waals surface area contributed by atoms with Crippen LogP contribution in [0, 0.1) is 0 Å². The second-order valence-corrected chi connectivity index (χ2v) is 5.85. The molecule has 1 amide bonds. The van der Waals surface area contributed by atoms with Crippen molar-refractivity contribution in [3.05, 3.63) is 101 Å². The number of hydrogen-bond acceptors (Lipinski definition) is 3. The van der Waals surface area contributed by atoms with Crippen LogP contribution in [0.15, 0.2) is 78.9 Å². The van der Waals surface area contributed by atoms with Gasteiger partial charge >= 0.3 is 5.97 Å². The van der Waals surface area contributed by atoms with Crippen LogP contribution < -0.4 is 5.32 Å². The minimum atomic E-state index is -0.439. The lowest BCUT2D eigenvalue weighted by atomic mass is 9.99. The second-order valence-electron chi connectivity index (χ2n) is 5.85. The average molecular weight is 345 g/mol. The van der Waals surface area contributed by atoms with Gasteiger partial charge in [0, 0.05) is 11.3 Å². The molecule has 130 valence electrons. The molecule has 0 aliphatic heterocycles. The zero-order valence-corrected chi connectivity index (χ0v) is 14.4. The molecule has 0 saturated heterocycles. The van der Waals surface area contributed by atoms with Crippen LogP contribution in [0.5, 0.6) is 0 Å². The summed E-state index contributed by atoms with van der Waals surface area (Å²) in [4.78, 5) is 24.4. The summed E-state index contributed by atoms with van der Waals surface area (Å²) in [5.41, 5.74) is 3.64. The molecule has 0 saturated carbocycles. The number of nitrogens with one attached hydrogen (secondary N) is 1. The van der Waals surface area contributed by atoms with Crippen molar-refractivity contribution >= 4 is 17.6 Å². The van der Waals surface area contributed by atoms with Gasteiger partial charge in [-0.05, 0) is 41.8 Å². The van der Waals surface area contributed by atoms with E-state index in [-0.39, 0.29) is 5.91 Å². The van der Waals surface area contributed by atoms with E-state index < -0.39 is 5.97 Å². The molecule has 0 atom stereocenters. The molecular formula is C22H19NO3. The van der Waals surface area contributed by atoms with Gasteiger partial charge in [0.25, 0.3) is 5.91 Å². The quantitative estimate of drug-likeness (QED) is 0.701. The molecule has 0 bridgehead atoms. The van der Waals surface area contributed by atoms with E-state index >= 15 is 0 Å². The summed E-state index contributed by atoms with van der Waals surface area (Å²) < 4.78 is 4.71. The molecule has 3 aromatic carbocycles. The van der Waals surface area contributed by atoms with Gasteiger partial charge in [0.15, 0.2) is 0 Å². The Bertz CT molecular complexity index is 919. The van der Waals surface area contributed by atoms with E-state index in [0.29, 0.717) is 23.2 Å². The maximum absolute atomic E-state index is 12.7. The number of ether oxygens (including phenoxy) is 1. The smallest absolute Gasteiger partial charge is 0.337 e. The van der Waals surface area contributed by atoms with Gasteiger partial charge < -0.3 is 10.1 Å². The van der Waals surface area contributed by atoms with Crippen molar-refractivity contribution in [1.82, 2.24) is 0 Å². The average Bonchev–Trinajstić information content (AvgIpc) is 2.68. The molecule has 0 aliphatic rings. The van der Waals surface area contributed by atoms with E-state index in [1.165, 1.54) is 7.11 Å². The first-order valence-corrected chi connectivity index (χ1v) is 8.29. The van der Waals surface area contributed by atoms with Crippen molar-refractivity contribution in [1.29, 1.82) is 0 Å².